The standard InChI is InChI=1S/C24H20N2O5/c1-28-21-8-4-6-16-18-12-17(15-5-2-3-7-19(15)27)25-26(18)24(31-23(16)21)14-9-10-20-22(11-14)30-13-29-20/h2-11,18,24,27H,12-13H2,1H3. The number of hydrazone groups is 1. The SMILES string of the molecule is COc1cccc2c1OC(c1ccc3c(c1)OCO3)N1N=C(c3ccccc3O)CC21. The predicted octanol–water partition coefficient (Wildman–Crippen LogP) is 4.37. The average Bonchev–Trinajstić information content (AvgIpc) is 3.45. The van der Waals surface area contributed by atoms with Crippen molar-refractivity contribution in [2.45, 2.75) is 18.7 Å². The molecule has 6 rings (SSSR count). The third kappa shape index (κ3) is 2.77. The lowest BCUT2D eigenvalue weighted by Gasteiger charge is -2.38. The molecule has 0 aliphatic carbocycles. The Morgan fingerprint density at radius 3 is 2.77 bits per heavy atom. The maximum Gasteiger partial charge on any atom is 0.231 e. The number of aromatic hydroxyl groups is 1. The molecule has 3 heterocycles. The minimum atomic E-state index is -0.480. The van der Waals surface area contributed by atoms with Gasteiger partial charge >= 0.3 is 0 Å². The van der Waals surface area contributed by atoms with Crippen LogP contribution < -0.4 is 18.9 Å². The molecular weight excluding hydrogens is 396 g/mol. The average molecular weight is 416 g/mol. The van der Waals surface area contributed by atoms with Crippen LogP contribution in [0.3, 0.4) is 0 Å². The number of ether oxygens (including phenoxy) is 4. The fourth-order valence-electron chi connectivity index (χ4n) is 4.41. The highest BCUT2D eigenvalue weighted by molar-refractivity contribution is 6.04. The topological polar surface area (TPSA) is 72.8 Å². The van der Waals surface area contributed by atoms with Crippen molar-refractivity contribution in [3.63, 3.8) is 0 Å². The number of phenolic OH excluding ortho intramolecular Hbond substituents is 1. The number of methoxy groups -OCH3 is 1. The Kier molecular flexibility index (Phi) is 3.96. The summed E-state index contributed by atoms with van der Waals surface area (Å²) in [5, 5.41) is 17.2. The van der Waals surface area contributed by atoms with Gasteiger partial charge in [0.1, 0.15) is 5.75 Å². The highest BCUT2D eigenvalue weighted by Crippen LogP contribution is 2.51. The zero-order valence-corrected chi connectivity index (χ0v) is 16.8. The summed E-state index contributed by atoms with van der Waals surface area (Å²) in [5.74, 6) is 3.01. The van der Waals surface area contributed by atoms with E-state index >= 15 is 0 Å². The summed E-state index contributed by atoms with van der Waals surface area (Å²) < 4.78 is 23.1. The summed E-state index contributed by atoms with van der Waals surface area (Å²) in [6, 6.07) is 18.9. The van der Waals surface area contributed by atoms with E-state index in [1.165, 1.54) is 0 Å². The fraction of sp³-hybridized carbons (Fsp3) is 0.208. The molecule has 0 saturated carbocycles. The smallest absolute Gasteiger partial charge is 0.231 e. The van der Waals surface area contributed by atoms with Crippen LogP contribution in [-0.2, 0) is 0 Å². The highest BCUT2D eigenvalue weighted by Gasteiger charge is 2.42. The summed E-state index contributed by atoms with van der Waals surface area (Å²) >= 11 is 0. The van der Waals surface area contributed by atoms with Crippen molar-refractivity contribution in [2.24, 2.45) is 5.10 Å². The Bertz CT molecular complexity index is 1210. The van der Waals surface area contributed by atoms with E-state index < -0.39 is 6.23 Å². The summed E-state index contributed by atoms with van der Waals surface area (Å²) in [6.45, 7) is 0.211. The van der Waals surface area contributed by atoms with Crippen LogP contribution in [0, 0.1) is 0 Å². The van der Waals surface area contributed by atoms with E-state index in [0.717, 1.165) is 22.4 Å². The van der Waals surface area contributed by atoms with Crippen molar-refractivity contribution in [1.29, 1.82) is 0 Å². The van der Waals surface area contributed by atoms with Crippen LogP contribution in [0.1, 0.15) is 35.4 Å². The quantitative estimate of drug-likeness (QED) is 0.684. The van der Waals surface area contributed by atoms with Crippen molar-refractivity contribution < 1.29 is 24.1 Å². The van der Waals surface area contributed by atoms with Crippen LogP contribution >= 0.6 is 0 Å². The van der Waals surface area contributed by atoms with Crippen LogP contribution in [0.25, 0.3) is 0 Å². The van der Waals surface area contributed by atoms with E-state index in [9.17, 15) is 5.11 Å². The van der Waals surface area contributed by atoms with E-state index in [-0.39, 0.29) is 18.6 Å². The molecule has 2 atom stereocenters. The molecule has 1 N–H and O–H groups in total. The monoisotopic (exact) mass is 416 g/mol. The molecular formula is C24H20N2O5. The summed E-state index contributed by atoms with van der Waals surface area (Å²) in [5.41, 5.74) is 3.44. The number of nitrogens with zero attached hydrogens (tertiary/aromatic N) is 2. The molecule has 0 bridgehead atoms. The van der Waals surface area contributed by atoms with Gasteiger partial charge in [-0.1, -0.05) is 24.3 Å². The van der Waals surface area contributed by atoms with Gasteiger partial charge < -0.3 is 24.1 Å². The Balaban J connectivity index is 1.48. The lowest BCUT2D eigenvalue weighted by Crippen LogP contribution is -2.33. The molecule has 31 heavy (non-hydrogen) atoms. The molecule has 0 spiro atoms. The van der Waals surface area contributed by atoms with Crippen molar-refractivity contribution in [1.82, 2.24) is 5.01 Å². The van der Waals surface area contributed by atoms with Crippen molar-refractivity contribution in [3.05, 3.63) is 77.4 Å². The van der Waals surface area contributed by atoms with Gasteiger partial charge in [0.15, 0.2) is 23.0 Å². The van der Waals surface area contributed by atoms with Crippen LogP contribution in [-0.4, -0.2) is 29.7 Å². The van der Waals surface area contributed by atoms with Crippen LogP contribution in [0.2, 0.25) is 0 Å². The Labute approximate surface area is 179 Å². The first-order valence-corrected chi connectivity index (χ1v) is 10.1. The maximum absolute atomic E-state index is 10.4. The molecule has 156 valence electrons. The minimum absolute atomic E-state index is 0.0520. The molecule has 7 nitrogen and oxygen atoms in total. The normalized spacial score (nSPS) is 20.5. The van der Waals surface area contributed by atoms with Gasteiger partial charge in [0.2, 0.25) is 13.0 Å². The number of hydrogen-bond donors (Lipinski definition) is 1. The van der Waals surface area contributed by atoms with Gasteiger partial charge in [0.25, 0.3) is 0 Å². The lowest BCUT2D eigenvalue weighted by atomic mass is 9.95. The maximum atomic E-state index is 10.4. The van der Waals surface area contributed by atoms with Gasteiger partial charge in [-0.25, -0.2) is 5.01 Å². The van der Waals surface area contributed by atoms with Crippen LogP contribution in [0.15, 0.2) is 65.8 Å². The number of para-hydroxylation sites is 2. The highest BCUT2D eigenvalue weighted by atomic mass is 16.7. The van der Waals surface area contributed by atoms with E-state index in [1.54, 1.807) is 19.2 Å². The summed E-state index contributed by atoms with van der Waals surface area (Å²) in [4.78, 5) is 0. The number of phenols is 1. The predicted molar refractivity (Wildman–Crippen MR) is 113 cm³/mol. The molecule has 3 aromatic carbocycles. The number of benzene rings is 3. The van der Waals surface area contributed by atoms with E-state index in [1.807, 2.05) is 53.5 Å². The summed E-state index contributed by atoms with van der Waals surface area (Å²) in [7, 11) is 1.64. The van der Waals surface area contributed by atoms with Crippen molar-refractivity contribution in [2.75, 3.05) is 13.9 Å². The van der Waals surface area contributed by atoms with Crippen LogP contribution in [0.4, 0.5) is 0 Å². The number of fused-ring (bicyclic) bond motifs is 4. The molecule has 3 aliphatic rings. The summed E-state index contributed by atoms with van der Waals surface area (Å²) in [6.07, 6.45) is 0.161. The molecule has 3 aromatic rings. The fourth-order valence-corrected chi connectivity index (χ4v) is 4.41. The molecule has 7 heteroatoms. The molecule has 0 aromatic heterocycles. The molecule has 2 unspecified atom stereocenters. The van der Waals surface area contributed by atoms with Crippen molar-refractivity contribution in [3.8, 4) is 28.7 Å². The molecule has 0 fully saturated rings. The zero-order chi connectivity index (χ0) is 20.9. The van der Waals surface area contributed by atoms with Crippen molar-refractivity contribution >= 4 is 5.71 Å². The zero-order valence-electron chi connectivity index (χ0n) is 16.8. The molecule has 3 aliphatic heterocycles. The third-order valence-corrected chi connectivity index (χ3v) is 5.90. The Morgan fingerprint density at radius 1 is 1.03 bits per heavy atom. The second-order valence-corrected chi connectivity index (χ2v) is 7.63. The van der Waals surface area contributed by atoms with Gasteiger partial charge in [0, 0.05) is 23.1 Å². The Hall–Kier alpha value is -3.87. The van der Waals surface area contributed by atoms with Gasteiger partial charge in [-0.05, 0) is 36.4 Å². The molecule has 0 radical (unpaired) electrons. The van der Waals surface area contributed by atoms with Crippen LogP contribution in [0.5, 0.6) is 28.7 Å². The van der Waals surface area contributed by atoms with Gasteiger partial charge in [0.05, 0.1) is 18.9 Å². The molecule has 0 saturated heterocycles. The first-order valence-electron chi connectivity index (χ1n) is 10.1. The van der Waals surface area contributed by atoms with Gasteiger partial charge in [-0.3, -0.25) is 0 Å². The number of rotatable bonds is 3. The first kappa shape index (κ1) is 17.9. The molecule has 0 amide bonds. The number of hydrogen-bond acceptors (Lipinski definition) is 7. The van der Waals surface area contributed by atoms with E-state index in [2.05, 4.69) is 0 Å². The lowest BCUT2D eigenvalue weighted by molar-refractivity contribution is -0.0209. The third-order valence-electron chi connectivity index (χ3n) is 5.90. The van der Waals surface area contributed by atoms with E-state index in [0.29, 0.717) is 29.4 Å². The second-order valence-electron chi connectivity index (χ2n) is 7.63. The minimum Gasteiger partial charge on any atom is -0.507 e. The van der Waals surface area contributed by atoms with E-state index in [4.69, 9.17) is 24.0 Å². The second kappa shape index (κ2) is 6.84. The Morgan fingerprint density at radius 2 is 1.90 bits per heavy atom. The van der Waals surface area contributed by atoms with Gasteiger partial charge in [-0.15, -0.1) is 0 Å². The van der Waals surface area contributed by atoms with Gasteiger partial charge in [-0.2, -0.15) is 5.10 Å². The first-order chi connectivity index (χ1) is 15.2. The largest absolute Gasteiger partial charge is 0.507 e.